The van der Waals surface area contributed by atoms with Gasteiger partial charge in [0, 0.05) is 18.6 Å². The van der Waals surface area contributed by atoms with E-state index in [2.05, 4.69) is 15.9 Å². The minimum Gasteiger partial charge on any atom is -0.495 e. The third-order valence-electron chi connectivity index (χ3n) is 3.25. The Bertz CT molecular complexity index is 915. The molecule has 2 rings (SSSR count). The van der Waals surface area contributed by atoms with Gasteiger partial charge in [-0.3, -0.25) is 0 Å². The predicted molar refractivity (Wildman–Crippen MR) is 98.0 cm³/mol. The first-order chi connectivity index (χ1) is 11.7. The lowest BCUT2D eigenvalue weighted by atomic mass is 10.2. The van der Waals surface area contributed by atoms with E-state index in [1.165, 1.54) is 45.5 Å². The molecule has 9 heteroatoms. The van der Waals surface area contributed by atoms with Crippen molar-refractivity contribution >= 4 is 43.5 Å². The van der Waals surface area contributed by atoms with Crippen LogP contribution < -0.4 is 9.47 Å². The van der Waals surface area contributed by atoms with Crippen molar-refractivity contribution in [3.63, 3.8) is 0 Å². The van der Waals surface area contributed by atoms with Crippen LogP contribution in [0.4, 0.5) is 0 Å². The van der Waals surface area contributed by atoms with Crippen LogP contribution >= 0.6 is 27.5 Å². The Labute approximate surface area is 159 Å². The summed E-state index contributed by atoms with van der Waals surface area (Å²) in [6, 6.07) is 8.82. The van der Waals surface area contributed by atoms with Crippen LogP contribution in [0.3, 0.4) is 0 Å². The van der Waals surface area contributed by atoms with Gasteiger partial charge >= 0.3 is 5.97 Å². The van der Waals surface area contributed by atoms with Gasteiger partial charge in [0.15, 0.2) is 0 Å². The number of ether oxygens (including phenoxy) is 2. The maximum absolute atomic E-state index is 12.4. The molecule has 2 aromatic carbocycles. The molecule has 0 aliphatic carbocycles. The molecule has 134 valence electrons. The molecule has 0 N–H and O–H groups in total. The van der Waals surface area contributed by atoms with Crippen LogP contribution in [0.2, 0.25) is 5.02 Å². The average Bonchev–Trinajstić information content (AvgIpc) is 2.56. The molecule has 6 nitrogen and oxygen atoms in total. The topological polar surface area (TPSA) is 72.9 Å². The Morgan fingerprint density at radius 2 is 1.76 bits per heavy atom. The molecule has 0 fully saturated rings. The molecule has 0 spiro atoms. The van der Waals surface area contributed by atoms with E-state index >= 15 is 0 Å². The van der Waals surface area contributed by atoms with Gasteiger partial charge in [0.25, 0.3) is 0 Å². The maximum atomic E-state index is 12.4. The normalized spacial score (nSPS) is 11.4. The summed E-state index contributed by atoms with van der Waals surface area (Å²) in [4.78, 5) is 12.2. The highest BCUT2D eigenvalue weighted by molar-refractivity contribution is 9.10. The number of hydrogen-bond donors (Lipinski definition) is 0. The molecular formula is C16H15BrClNO5S. The minimum absolute atomic E-state index is 0.0558. The van der Waals surface area contributed by atoms with Gasteiger partial charge in [-0.15, -0.1) is 0 Å². The van der Waals surface area contributed by atoms with Crippen molar-refractivity contribution in [1.29, 1.82) is 0 Å². The quantitative estimate of drug-likeness (QED) is 0.516. The molecule has 0 heterocycles. The highest BCUT2D eigenvalue weighted by Crippen LogP contribution is 2.30. The second kappa shape index (κ2) is 7.74. The smallest absolute Gasteiger partial charge is 0.343 e. The summed E-state index contributed by atoms with van der Waals surface area (Å²) in [5.74, 6) is -0.434. The van der Waals surface area contributed by atoms with E-state index in [1.54, 1.807) is 12.1 Å². The number of halogens is 2. The van der Waals surface area contributed by atoms with Crippen molar-refractivity contribution in [1.82, 2.24) is 4.31 Å². The zero-order valence-electron chi connectivity index (χ0n) is 13.6. The lowest BCUT2D eigenvalue weighted by Gasteiger charge is -2.15. The van der Waals surface area contributed by atoms with Gasteiger partial charge in [0.1, 0.15) is 16.4 Å². The molecule has 0 bridgehead atoms. The fourth-order valence-electron chi connectivity index (χ4n) is 1.92. The van der Waals surface area contributed by atoms with Crippen molar-refractivity contribution in [3.8, 4) is 11.5 Å². The zero-order valence-corrected chi connectivity index (χ0v) is 16.8. The molecule has 0 aliphatic heterocycles. The highest BCUT2D eigenvalue weighted by atomic mass is 79.9. The van der Waals surface area contributed by atoms with Crippen LogP contribution in [-0.2, 0) is 10.0 Å². The molecule has 25 heavy (non-hydrogen) atoms. The van der Waals surface area contributed by atoms with Gasteiger partial charge in [-0.2, -0.15) is 0 Å². The first-order valence-corrected chi connectivity index (χ1v) is 9.55. The van der Waals surface area contributed by atoms with Gasteiger partial charge in [-0.25, -0.2) is 17.5 Å². The van der Waals surface area contributed by atoms with E-state index in [9.17, 15) is 13.2 Å². The highest BCUT2D eigenvalue weighted by Gasteiger charge is 2.24. The molecule has 0 unspecified atom stereocenters. The number of carbonyl (C=O) groups is 1. The summed E-state index contributed by atoms with van der Waals surface area (Å²) < 4.78 is 36.9. The molecule has 0 saturated heterocycles. The van der Waals surface area contributed by atoms with Crippen LogP contribution in [0.25, 0.3) is 0 Å². The zero-order chi connectivity index (χ0) is 18.8. The lowest BCUT2D eigenvalue weighted by molar-refractivity contribution is 0.0734. The number of sulfonamides is 1. The first-order valence-electron chi connectivity index (χ1n) is 6.94. The van der Waals surface area contributed by atoms with Crippen LogP contribution in [-0.4, -0.2) is 39.9 Å². The average molecular weight is 449 g/mol. The minimum atomic E-state index is -3.79. The number of methoxy groups -OCH3 is 1. The fourth-order valence-corrected chi connectivity index (χ4v) is 3.71. The summed E-state index contributed by atoms with van der Waals surface area (Å²) in [6.45, 7) is 0. The summed E-state index contributed by atoms with van der Waals surface area (Å²) in [6.07, 6.45) is 0. The Morgan fingerprint density at radius 1 is 1.12 bits per heavy atom. The van der Waals surface area contributed by atoms with Gasteiger partial charge in [0.2, 0.25) is 10.0 Å². The van der Waals surface area contributed by atoms with E-state index in [0.29, 0.717) is 0 Å². The second-order valence-electron chi connectivity index (χ2n) is 5.12. The van der Waals surface area contributed by atoms with Crippen molar-refractivity contribution in [2.24, 2.45) is 0 Å². The van der Waals surface area contributed by atoms with E-state index in [-0.39, 0.29) is 27.0 Å². The van der Waals surface area contributed by atoms with Crippen LogP contribution in [0.5, 0.6) is 11.5 Å². The number of nitrogens with zero attached hydrogens (tertiary/aromatic N) is 1. The number of esters is 1. The Balaban J connectivity index is 2.41. The van der Waals surface area contributed by atoms with E-state index in [1.807, 2.05) is 0 Å². The van der Waals surface area contributed by atoms with E-state index < -0.39 is 16.0 Å². The molecule has 2 aromatic rings. The lowest BCUT2D eigenvalue weighted by Crippen LogP contribution is -2.23. The third kappa shape index (κ3) is 4.33. The summed E-state index contributed by atoms with van der Waals surface area (Å²) in [5, 5.41) is 0.248. The second-order valence-corrected chi connectivity index (χ2v) is 8.56. The fraction of sp³-hybridized carbons (Fsp3) is 0.188. The molecular weight excluding hydrogens is 434 g/mol. The number of carbonyl (C=O) groups excluding carboxylic acids is 1. The molecule has 0 saturated carbocycles. The largest absolute Gasteiger partial charge is 0.495 e. The molecule has 0 aromatic heterocycles. The number of benzene rings is 2. The monoisotopic (exact) mass is 447 g/mol. The van der Waals surface area contributed by atoms with Gasteiger partial charge < -0.3 is 9.47 Å². The van der Waals surface area contributed by atoms with Gasteiger partial charge in [0.05, 0.1) is 17.7 Å². The molecule has 0 aliphatic rings. The van der Waals surface area contributed by atoms with Crippen LogP contribution in [0, 0.1) is 0 Å². The third-order valence-corrected chi connectivity index (χ3v) is 5.88. The van der Waals surface area contributed by atoms with E-state index in [0.717, 1.165) is 8.78 Å². The van der Waals surface area contributed by atoms with Gasteiger partial charge in [-0.1, -0.05) is 27.5 Å². The van der Waals surface area contributed by atoms with Crippen molar-refractivity contribution in [3.05, 3.63) is 51.5 Å². The van der Waals surface area contributed by atoms with Crippen LogP contribution in [0.15, 0.2) is 45.8 Å². The first kappa shape index (κ1) is 19.7. The maximum Gasteiger partial charge on any atom is 0.343 e. The predicted octanol–water partition coefficient (Wildman–Crippen LogP) is 3.58. The van der Waals surface area contributed by atoms with E-state index in [4.69, 9.17) is 21.1 Å². The Hall–Kier alpha value is -1.61. The number of hydrogen-bond acceptors (Lipinski definition) is 5. The SMILES string of the molecule is COc1ccc(C(=O)Oc2ccc(Br)cc2Cl)cc1S(=O)(=O)N(C)C. The van der Waals surface area contributed by atoms with Crippen LogP contribution in [0.1, 0.15) is 10.4 Å². The van der Waals surface area contributed by atoms with Crippen molar-refractivity contribution in [2.45, 2.75) is 4.90 Å². The van der Waals surface area contributed by atoms with Crippen molar-refractivity contribution in [2.75, 3.05) is 21.2 Å². The van der Waals surface area contributed by atoms with Gasteiger partial charge in [-0.05, 0) is 36.4 Å². The summed E-state index contributed by atoms with van der Waals surface area (Å²) in [7, 11) is 0.337. The molecule has 0 radical (unpaired) electrons. The Kier molecular flexibility index (Phi) is 6.10. The summed E-state index contributed by atoms with van der Waals surface area (Å²) >= 11 is 9.28. The number of rotatable bonds is 5. The molecule has 0 amide bonds. The van der Waals surface area contributed by atoms with Crippen molar-refractivity contribution < 1.29 is 22.7 Å². The Morgan fingerprint density at radius 3 is 2.32 bits per heavy atom. The molecule has 0 atom stereocenters. The standard InChI is InChI=1S/C16H15BrClNO5S/c1-19(2)25(21,22)15-8-10(4-6-14(15)23-3)16(20)24-13-7-5-11(17)9-12(13)18/h4-9H,1-3H3. The summed E-state index contributed by atoms with van der Waals surface area (Å²) in [5.41, 5.74) is 0.0558.